The number of likely N-dealkylation sites (N-methyl/N-ethyl adjacent to an activating group) is 1. The standard InChI is InChI=1S/C32H36N4O3/c1-33(23-27-13-7-3-8-14-27)30(38)24-35-25-36(28-15-9-4-10-16-28)32(31(35)39)19-21-34(22-20-32)29(37)18-17-26-11-5-2-6-12-26/h2-16H,17-25H2,1H3. The zero-order valence-corrected chi connectivity index (χ0v) is 22.5. The van der Waals surface area contributed by atoms with E-state index >= 15 is 0 Å². The van der Waals surface area contributed by atoms with Gasteiger partial charge in [-0.25, -0.2) is 0 Å². The minimum absolute atomic E-state index is 0.0239. The van der Waals surface area contributed by atoms with Crippen LogP contribution in [0.15, 0.2) is 91.0 Å². The van der Waals surface area contributed by atoms with Gasteiger partial charge in [0.2, 0.25) is 11.8 Å². The van der Waals surface area contributed by atoms with Crippen molar-refractivity contribution in [1.29, 1.82) is 0 Å². The second kappa shape index (κ2) is 11.7. The Balaban J connectivity index is 1.26. The van der Waals surface area contributed by atoms with Gasteiger partial charge in [-0.3, -0.25) is 14.4 Å². The van der Waals surface area contributed by atoms with Crippen molar-refractivity contribution < 1.29 is 14.4 Å². The van der Waals surface area contributed by atoms with Gasteiger partial charge in [0, 0.05) is 38.8 Å². The highest BCUT2D eigenvalue weighted by atomic mass is 16.2. The van der Waals surface area contributed by atoms with Crippen LogP contribution < -0.4 is 4.90 Å². The molecule has 1 spiro atoms. The summed E-state index contributed by atoms with van der Waals surface area (Å²) < 4.78 is 0. The first-order chi connectivity index (χ1) is 19.0. The Morgan fingerprint density at radius 1 is 0.821 bits per heavy atom. The van der Waals surface area contributed by atoms with Gasteiger partial charge in [-0.1, -0.05) is 78.9 Å². The van der Waals surface area contributed by atoms with Gasteiger partial charge in [0.05, 0.1) is 6.67 Å². The molecule has 0 saturated carbocycles. The molecule has 0 N–H and O–H groups in total. The Labute approximate surface area is 230 Å². The first kappa shape index (κ1) is 26.5. The fraction of sp³-hybridized carbons (Fsp3) is 0.344. The normalized spacial score (nSPS) is 16.5. The molecule has 7 heteroatoms. The molecule has 7 nitrogen and oxygen atoms in total. The number of rotatable bonds is 8. The number of benzene rings is 3. The Kier molecular flexibility index (Phi) is 7.96. The van der Waals surface area contributed by atoms with Gasteiger partial charge in [0.25, 0.3) is 5.91 Å². The van der Waals surface area contributed by atoms with Crippen LogP contribution in [0.4, 0.5) is 5.69 Å². The summed E-state index contributed by atoms with van der Waals surface area (Å²) in [4.78, 5) is 47.5. The number of carbonyl (C=O) groups is 3. The van der Waals surface area contributed by atoms with E-state index in [-0.39, 0.29) is 24.3 Å². The van der Waals surface area contributed by atoms with E-state index in [0.29, 0.717) is 52.0 Å². The molecule has 0 aromatic heterocycles. The van der Waals surface area contributed by atoms with Crippen LogP contribution in [0.25, 0.3) is 0 Å². The summed E-state index contributed by atoms with van der Waals surface area (Å²) in [5, 5.41) is 0. The zero-order valence-electron chi connectivity index (χ0n) is 22.5. The lowest BCUT2D eigenvalue weighted by atomic mass is 9.85. The minimum Gasteiger partial charge on any atom is -0.342 e. The summed E-state index contributed by atoms with van der Waals surface area (Å²) in [6.07, 6.45) is 2.26. The van der Waals surface area contributed by atoms with Gasteiger partial charge in [0.1, 0.15) is 12.1 Å². The van der Waals surface area contributed by atoms with Crippen LogP contribution >= 0.6 is 0 Å². The third-order valence-electron chi connectivity index (χ3n) is 8.01. The first-order valence-electron chi connectivity index (χ1n) is 13.7. The third kappa shape index (κ3) is 5.82. The molecular weight excluding hydrogens is 488 g/mol. The van der Waals surface area contributed by atoms with E-state index in [1.807, 2.05) is 95.9 Å². The number of para-hydroxylation sites is 1. The Morgan fingerprint density at radius 2 is 1.38 bits per heavy atom. The molecule has 2 heterocycles. The molecule has 2 saturated heterocycles. The van der Waals surface area contributed by atoms with Crippen molar-refractivity contribution in [3.8, 4) is 0 Å². The Bertz CT molecular complexity index is 1270. The lowest BCUT2D eigenvalue weighted by Gasteiger charge is -2.43. The maximum absolute atomic E-state index is 14.0. The summed E-state index contributed by atoms with van der Waals surface area (Å²) in [6, 6.07) is 29.8. The molecule has 39 heavy (non-hydrogen) atoms. The SMILES string of the molecule is CN(Cc1ccccc1)C(=O)CN1CN(c2ccccc2)C2(CCN(C(=O)CCc3ccccc3)CC2)C1=O. The fourth-order valence-corrected chi connectivity index (χ4v) is 5.73. The molecule has 0 aliphatic carbocycles. The van der Waals surface area contributed by atoms with Gasteiger partial charge in [-0.2, -0.15) is 0 Å². The summed E-state index contributed by atoms with van der Waals surface area (Å²) >= 11 is 0. The molecule has 3 aromatic carbocycles. The molecular formula is C32H36N4O3. The first-order valence-corrected chi connectivity index (χ1v) is 13.7. The van der Waals surface area contributed by atoms with Crippen molar-refractivity contribution in [2.45, 2.75) is 37.8 Å². The molecule has 2 aliphatic rings. The largest absolute Gasteiger partial charge is 0.342 e. The summed E-state index contributed by atoms with van der Waals surface area (Å²) in [5.74, 6) is 0.00923. The predicted molar refractivity (Wildman–Crippen MR) is 152 cm³/mol. The maximum Gasteiger partial charge on any atom is 0.250 e. The van der Waals surface area contributed by atoms with Crippen LogP contribution in [-0.2, 0) is 27.3 Å². The molecule has 3 amide bonds. The third-order valence-corrected chi connectivity index (χ3v) is 8.01. The second-order valence-electron chi connectivity index (χ2n) is 10.5. The van der Waals surface area contributed by atoms with Gasteiger partial charge in [-0.05, 0) is 42.5 Å². The summed E-state index contributed by atoms with van der Waals surface area (Å²) in [6.45, 7) is 1.94. The number of piperidine rings is 1. The number of carbonyl (C=O) groups excluding carboxylic acids is 3. The van der Waals surface area contributed by atoms with E-state index in [0.717, 1.165) is 16.8 Å². The van der Waals surface area contributed by atoms with Crippen LogP contribution in [0.5, 0.6) is 0 Å². The topological polar surface area (TPSA) is 64.2 Å². The van der Waals surface area contributed by atoms with Crippen LogP contribution in [0.3, 0.4) is 0 Å². The van der Waals surface area contributed by atoms with Crippen molar-refractivity contribution >= 4 is 23.4 Å². The van der Waals surface area contributed by atoms with Crippen molar-refractivity contribution in [2.75, 3.05) is 38.3 Å². The highest BCUT2D eigenvalue weighted by Crippen LogP contribution is 2.39. The van der Waals surface area contributed by atoms with E-state index in [2.05, 4.69) is 4.90 Å². The quantitative estimate of drug-likeness (QED) is 0.448. The number of hydrogen-bond donors (Lipinski definition) is 0. The molecule has 0 radical (unpaired) electrons. The smallest absolute Gasteiger partial charge is 0.250 e. The monoisotopic (exact) mass is 524 g/mol. The van der Waals surface area contributed by atoms with E-state index < -0.39 is 5.54 Å². The highest BCUT2D eigenvalue weighted by Gasteiger charge is 2.54. The van der Waals surface area contributed by atoms with Crippen LogP contribution in [0, 0.1) is 0 Å². The number of hydrogen-bond acceptors (Lipinski definition) is 4. The van der Waals surface area contributed by atoms with Crippen LogP contribution in [0.1, 0.15) is 30.4 Å². The number of likely N-dealkylation sites (tertiary alicyclic amines) is 1. The van der Waals surface area contributed by atoms with Crippen LogP contribution in [0.2, 0.25) is 0 Å². The van der Waals surface area contributed by atoms with Crippen molar-refractivity contribution in [2.24, 2.45) is 0 Å². The zero-order chi connectivity index (χ0) is 27.2. The average Bonchev–Trinajstić information content (AvgIpc) is 3.24. The molecule has 0 atom stereocenters. The van der Waals surface area contributed by atoms with Gasteiger partial charge >= 0.3 is 0 Å². The summed E-state index contributed by atoms with van der Waals surface area (Å²) in [7, 11) is 1.78. The minimum atomic E-state index is -0.754. The molecule has 2 aliphatic heterocycles. The molecule has 202 valence electrons. The Morgan fingerprint density at radius 3 is 2.00 bits per heavy atom. The molecule has 0 unspecified atom stereocenters. The lowest BCUT2D eigenvalue weighted by molar-refractivity contribution is -0.142. The number of anilines is 1. The highest BCUT2D eigenvalue weighted by molar-refractivity contribution is 5.96. The van der Waals surface area contributed by atoms with Gasteiger partial charge in [-0.15, -0.1) is 0 Å². The van der Waals surface area contributed by atoms with Crippen molar-refractivity contribution in [1.82, 2.24) is 14.7 Å². The van der Waals surface area contributed by atoms with Crippen molar-refractivity contribution in [3.05, 3.63) is 102 Å². The van der Waals surface area contributed by atoms with Crippen molar-refractivity contribution in [3.63, 3.8) is 0 Å². The predicted octanol–water partition coefficient (Wildman–Crippen LogP) is 3.95. The summed E-state index contributed by atoms with van der Waals surface area (Å²) in [5.41, 5.74) is 2.41. The number of amides is 3. The Hall–Kier alpha value is -4.13. The van der Waals surface area contributed by atoms with E-state index in [1.54, 1.807) is 16.8 Å². The van der Waals surface area contributed by atoms with E-state index in [1.165, 1.54) is 0 Å². The van der Waals surface area contributed by atoms with Gasteiger partial charge < -0.3 is 19.6 Å². The van der Waals surface area contributed by atoms with E-state index in [4.69, 9.17) is 0 Å². The van der Waals surface area contributed by atoms with E-state index in [9.17, 15) is 14.4 Å². The molecule has 5 rings (SSSR count). The maximum atomic E-state index is 14.0. The average molecular weight is 525 g/mol. The second-order valence-corrected chi connectivity index (χ2v) is 10.5. The fourth-order valence-electron chi connectivity index (χ4n) is 5.73. The molecule has 3 aromatic rings. The molecule has 0 bridgehead atoms. The van der Waals surface area contributed by atoms with Gasteiger partial charge in [0.15, 0.2) is 0 Å². The van der Waals surface area contributed by atoms with Crippen LogP contribution in [-0.4, -0.2) is 71.3 Å². The number of nitrogens with zero attached hydrogens (tertiary/aromatic N) is 4. The molecule has 2 fully saturated rings. The number of aryl methyl sites for hydroxylation is 1. The lowest BCUT2D eigenvalue weighted by Crippen LogP contribution is -2.57.